The van der Waals surface area contributed by atoms with Crippen LogP contribution in [0.4, 0.5) is 13.2 Å². The minimum Gasteiger partial charge on any atom is -0.378 e. The molecule has 1 saturated carbocycles. The van der Waals surface area contributed by atoms with Gasteiger partial charge in [0.15, 0.2) is 6.10 Å². The van der Waals surface area contributed by atoms with Crippen LogP contribution in [0, 0.1) is 5.92 Å². The highest BCUT2D eigenvalue weighted by atomic mass is 19.4. The molecule has 138 valence electrons. The summed E-state index contributed by atoms with van der Waals surface area (Å²) < 4.78 is 37.7. The number of nitrogens with one attached hydrogen (secondary N) is 1. The van der Waals surface area contributed by atoms with E-state index in [0.29, 0.717) is 0 Å². The van der Waals surface area contributed by atoms with Crippen molar-refractivity contribution in [2.45, 2.75) is 50.4 Å². The van der Waals surface area contributed by atoms with E-state index >= 15 is 0 Å². The van der Waals surface area contributed by atoms with Crippen molar-refractivity contribution >= 4 is 11.8 Å². The Morgan fingerprint density at radius 1 is 1.12 bits per heavy atom. The zero-order valence-electron chi connectivity index (χ0n) is 13.6. The SMILES string of the molecule is NC(=O)[C@@H](NC(=O)[C@@H](O)c1ccc(C(F)(F)F)cc1)C1CCCCC1. The molecule has 5 nitrogen and oxygen atoms in total. The molecule has 1 aliphatic rings. The van der Waals surface area contributed by atoms with Gasteiger partial charge in [0.25, 0.3) is 5.91 Å². The molecule has 2 atom stereocenters. The van der Waals surface area contributed by atoms with Crippen LogP contribution >= 0.6 is 0 Å². The van der Waals surface area contributed by atoms with Crippen LogP contribution in [0.25, 0.3) is 0 Å². The summed E-state index contributed by atoms with van der Waals surface area (Å²) in [5.41, 5.74) is 4.50. The number of benzene rings is 1. The monoisotopic (exact) mass is 358 g/mol. The molecular weight excluding hydrogens is 337 g/mol. The summed E-state index contributed by atoms with van der Waals surface area (Å²) in [4.78, 5) is 23.8. The molecule has 8 heteroatoms. The van der Waals surface area contributed by atoms with Crippen LogP contribution in [0.1, 0.15) is 49.3 Å². The highest BCUT2D eigenvalue weighted by Gasteiger charge is 2.33. The van der Waals surface area contributed by atoms with Crippen molar-refractivity contribution in [3.05, 3.63) is 35.4 Å². The average molecular weight is 358 g/mol. The van der Waals surface area contributed by atoms with Gasteiger partial charge >= 0.3 is 6.18 Å². The molecule has 0 heterocycles. The number of carbonyl (C=O) groups excluding carboxylic acids is 2. The maximum absolute atomic E-state index is 12.6. The van der Waals surface area contributed by atoms with Gasteiger partial charge in [0.2, 0.25) is 5.91 Å². The summed E-state index contributed by atoms with van der Waals surface area (Å²) in [6.07, 6.45) is -1.73. The molecule has 1 aromatic carbocycles. The summed E-state index contributed by atoms with van der Waals surface area (Å²) >= 11 is 0. The second-order valence-corrected chi connectivity index (χ2v) is 6.31. The number of nitrogens with two attached hydrogens (primary N) is 1. The molecule has 0 spiro atoms. The summed E-state index contributed by atoms with van der Waals surface area (Å²) in [6, 6.07) is 2.76. The van der Waals surface area contributed by atoms with E-state index in [2.05, 4.69) is 5.32 Å². The molecule has 1 aliphatic carbocycles. The largest absolute Gasteiger partial charge is 0.416 e. The van der Waals surface area contributed by atoms with Crippen LogP contribution in [0.15, 0.2) is 24.3 Å². The molecule has 2 rings (SSSR count). The van der Waals surface area contributed by atoms with Crippen LogP contribution in [0.3, 0.4) is 0 Å². The van der Waals surface area contributed by atoms with E-state index in [4.69, 9.17) is 5.73 Å². The van der Waals surface area contributed by atoms with Crippen molar-refractivity contribution in [1.29, 1.82) is 0 Å². The molecular formula is C17H21F3N2O3. The van der Waals surface area contributed by atoms with Gasteiger partial charge in [0, 0.05) is 0 Å². The fourth-order valence-electron chi connectivity index (χ4n) is 3.13. The number of amides is 2. The molecule has 0 aromatic heterocycles. The molecule has 2 amide bonds. The quantitative estimate of drug-likeness (QED) is 0.754. The van der Waals surface area contributed by atoms with Crippen molar-refractivity contribution < 1.29 is 27.9 Å². The zero-order chi connectivity index (χ0) is 18.6. The molecule has 4 N–H and O–H groups in total. The highest BCUT2D eigenvalue weighted by Crippen LogP contribution is 2.30. The predicted molar refractivity (Wildman–Crippen MR) is 84.1 cm³/mol. The first-order chi connectivity index (χ1) is 11.7. The summed E-state index contributed by atoms with van der Waals surface area (Å²) in [5.74, 6) is -1.62. The Bertz CT molecular complexity index is 611. The third-order valence-electron chi connectivity index (χ3n) is 4.53. The molecule has 0 aliphatic heterocycles. The van der Waals surface area contributed by atoms with Gasteiger partial charge in [-0.2, -0.15) is 13.2 Å². The van der Waals surface area contributed by atoms with E-state index in [1.165, 1.54) is 0 Å². The van der Waals surface area contributed by atoms with Gasteiger partial charge in [-0.05, 0) is 36.5 Å². The van der Waals surface area contributed by atoms with Crippen LogP contribution in [0.2, 0.25) is 0 Å². The van der Waals surface area contributed by atoms with Crippen LogP contribution < -0.4 is 11.1 Å². The van der Waals surface area contributed by atoms with E-state index in [9.17, 15) is 27.9 Å². The number of alkyl halides is 3. The minimum atomic E-state index is -4.50. The Morgan fingerprint density at radius 2 is 1.68 bits per heavy atom. The van der Waals surface area contributed by atoms with Gasteiger partial charge in [0.1, 0.15) is 6.04 Å². The predicted octanol–water partition coefficient (Wildman–Crippen LogP) is 2.29. The lowest BCUT2D eigenvalue weighted by molar-refractivity contribution is -0.137. The maximum atomic E-state index is 12.6. The molecule has 0 unspecified atom stereocenters. The van der Waals surface area contributed by atoms with Gasteiger partial charge in [-0.25, -0.2) is 0 Å². The minimum absolute atomic E-state index is 0.0114. The number of rotatable bonds is 5. The first-order valence-electron chi connectivity index (χ1n) is 8.15. The molecule has 1 aromatic rings. The molecule has 1 fully saturated rings. The van der Waals surface area contributed by atoms with Crippen molar-refractivity contribution in [3.8, 4) is 0 Å². The third kappa shape index (κ3) is 4.94. The third-order valence-corrected chi connectivity index (χ3v) is 4.53. The molecule has 25 heavy (non-hydrogen) atoms. The second-order valence-electron chi connectivity index (χ2n) is 6.31. The second kappa shape index (κ2) is 7.86. The van der Waals surface area contributed by atoms with E-state index in [-0.39, 0.29) is 11.5 Å². The van der Waals surface area contributed by atoms with Gasteiger partial charge in [-0.15, -0.1) is 0 Å². The first-order valence-corrected chi connectivity index (χ1v) is 8.15. The fraction of sp³-hybridized carbons (Fsp3) is 0.529. The van der Waals surface area contributed by atoms with E-state index in [1.54, 1.807) is 0 Å². The number of aliphatic hydroxyl groups is 1. The number of aliphatic hydroxyl groups excluding tert-OH is 1. The standard InChI is InChI=1S/C17H21F3N2O3/c18-17(19,20)12-8-6-11(7-9-12)14(23)16(25)22-13(15(21)24)10-4-2-1-3-5-10/h6-10,13-14,23H,1-5H2,(H2,21,24)(H,22,25)/t13-,14-/m0/s1. The van der Waals surface area contributed by atoms with Crippen LogP contribution in [-0.2, 0) is 15.8 Å². The number of halogens is 3. The normalized spacial score (nSPS) is 18.4. The number of carbonyl (C=O) groups is 2. The smallest absolute Gasteiger partial charge is 0.378 e. The maximum Gasteiger partial charge on any atom is 0.416 e. The van der Waals surface area contributed by atoms with Crippen molar-refractivity contribution in [1.82, 2.24) is 5.32 Å². The Hall–Kier alpha value is -2.09. The van der Waals surface area contributed by atoms with Gasteiger partial charge < -0.3 is 16.2 Å². The van der Waals surface area contributed by atoms with Gasteiger partial charge in [0.05, 0.1) is 5.56 Å². The molecule has 0 saturated heterocycles. The summed E-state index contributed by atoms with van der Waals surface area (Å²) in [5, 5.41) is 12.5. The lowest BCUT2D eigenvalue weighted by Crippen LogP contribution is -2.50. The number of hydrogen-bond donors (Lipinski definition) is 3. The van der Waals surface area contributed by atoms with Crippen molar-refractivity contribution in [2.75, 3.05) is 0 Å². The van der Waals surface area contributed by atoms with E-state index < -0.39 is 35.7 Å². The lowest BCUT2D eigenvalue weighted by Gasteiger charge is -2.29. The first kappa shape index (κ1) is 19.2. The Balaban J connectivity index is 2.06. The van der Waals surface area contributed by atoms with Crippen molar-refractivity contribution in [2.24, 2.45) is 11.7 Å². The van der Waals surface area contributed by atoms with Crippen molar-refractivity contribution in [3.63, 3.8) is 0 Å². The van der Waals surface area contributed by atoms with E-state index in [1.807, 2.05) is 0 Å². The lowest BCUT2D eigenvalue weighted by atomic mass is 9.83. The summed E-state index contributed by atoms with van der Waals surface area (Å²) in [7, 11) is 0. The fourth-order valence-corrected chi connectivity index (χ4v) is 3.13. The van der Waals surface area contributed by atoms with Crippen LogP contribution in [0.5, 0.6) is 0 Å². The topological polar surface area (TPSA) is 92.4 Å². The summed E-state index contributed by atoms with van der Waals surface area (Å²) in [6.45, 7) is 0. The number of primary amides is 1. The Morgan fingerprint density at radius 3 is 2.16 bits per heavy atom. The molecule has 0 bridgehead atoms. The Kier molecular flexibility index (Phi) is 6.05. The van der Waals surface area contributed by atoms with Crippen LogP contribution in [-0.4, -0.2) is 23.0 Å². The Labute approximate surface area is 143 Å². The number of hydrogen-bond acceptors (Lipinski definition) is 3. The van der Waals surface area contributed by atoms with Gasteiger partial charge in [-0.1, -0.05) is 31.4 Å². The van der Waals surface area contributed by atoms with Gasteiger partial charge in [-0.3, -0.25) is 9.59 Å². The zero-order valence-corrected chi connectivity index (χ0v) is 13.6. The average Bonchev–Trinajstić information content (AvgIpc) is 2.58. The molecule has 0 radical (unpaired) electrons. The highest BCUT2D eigenvalue weighted by molar-refractivity contribution is 5.89. The van der Waals surface area contributed by atoms with E-state index in [0.717, 1.165) is 56.4 Å².